The summed E-state index contributed by atoms with van der Waals surface area (Å²) in [4.78, 5) is 6.74. The van der Waals surface area contributed by atoms with Gasteiger partial charge in [0, 0.05) is 56.9 Å². The topological polar surface area (TPSA) is 21.1 Å². The zero-order valence-corrected chi connectivity index (χ0v) is 33.0. The lowest BCUT2D eigenvalue weighted by Gasteiger charge is -2.28. The molecule has 3 heteroatoms. The van der Waals surface area contributed by atoms with Crippen LogP contribution in [0.4, 0.5) is 17.1 Å². The summed E-state index contributed by atoms with van der Waals surface area (Å²) in [6.45, 7) is 4.70. The third kappa shape index (κ3) is 5.85. The zero-order chi connectivity index (χ0) is 39.5. The van der Waals surface area contributed by atoms with Gasteiger partial charge in [-0.25, -0.2) is 0 Å². The van der Waals surface area contributed by atoms with Crippen LogP contribution in [0.15, 0.2) is 213 Å². The second kappa shape index (κ2) is 13.9. The number of anilines is 3. The average Bonchev–Trinajstić information content (AvgIpc) is 3.75. The van der Waals surface area contributed by atoms with Gasteiger partial charge in [-0.05, 0) is 129 Å². The SMILES string of the molecule is CC1(C)c2ccccc2-c2ccc(N(c3ccc(-c4cccc(-c5cccnc5)c4)cc3)c3ccc(-c4ccc5c(c4)c4ccccc4n5-c4ccccc4)cc3)cc21. The first-order chi connectivity index (χ1) is 29.0. The van der Waals surface area contributed by atoms with Crippen LogP contribution in [-0.4, -0.2) is 9.55 Å². The second-order valence-electron chi connectivity index (χ2n) is 16.1. The van der Waals surface area contributed by atoms with Crippen LogP contribution in [0.25, 0.3) is 72.0 Å². The molecule has 0 atom stereocenters. The average molecular weight is 756 g/mol. The summed E-state index contributed by atoms with van der Waals surface area (Å²) in [5.74, 6) is 0. The molecule has 59 heavy (non-hydrogen) atoms. The van der Waals surface area contributed by atoms with Crippen LogP contribution in [0.3, 0.4) is 0 Å². The number of nitrogens with zero attached hydrogens (tertiary/aromatic N) is 3. The molecule has 0 amide bonds. The molecule has 10 aromatic rings. The van der Waals surface area contributed by atoms with Gasteiger partial charge < -0.3 is 9.47 Å². The van der Waals surface area contributed by atoms with Crippen molar-refractivity contribution >= 4 is 38.9 Å². The summed E-state index contributed by atoms with van der Waals surface area (Å²) in [6.07, 6.45) is 3.74. The minimum Gasteiger partial charge on any atom is -0.310 e. The molecule has 0 spiro atoms. The second-order valence-corrected chi connectivity index (χ2v) is 16.1. The fourth-order valence-corrected chi connectivity index (χ4v) is 9.30. The smallest absolute Gasteiger partial charge is 0.0541 e. The van der Waals surface area contributed by atoms with Gasteiger partial charge in [0.25, 0.3) is 0 Å². The Labute approximate surface area is 345 Å². The Morgan fingerprint density at radius 2 is 1.00 bits per heavy atom. The van der Waals surface area contributed by atoms with E-state index < -0.39 is 0 Å². The molecule has 2 heterocycles. The summed E-state index contributed by atoms with van der Waals surface area (Å²) >= 11 is 0. The Hall–Kier alpha value is -7.49. The Balaban J connectivity index is 0.994. The number of fused-ring (bicyclic) bond motifs is 6. The van der Waals surface area contributed by atoms with Gasteiger partial charge in [0.15, 0.2) is 0 Å². The van der Waals surface area contributed by atoms with Crippen LogP contribution >= 0.6 is 0 Å². The molecular weight excluding hydrogens is 715 g/mol. The van der Waals surface area contributed by atoms with Gasteiger partial charge in [-0.3, -0.25) is 4.98 Å². The molecule has 0 bridgehead atoms. The van der Waals surface area contributed by atoms with E-state index in [2.05, 4.69) is 222 Å². The molecule has 11 rings (SSSR count). The number of hydrogen-bond donors (Lipinski definition) is 0. The van der Waals surface area contributed by atoms with Crippen molar-refractivity contribution < 1.29 is 0 Å². The van der Waals surface area contributed by atoms with Crippen molar-refractivity contribution in [3.05, 3.63) is 224 Å². The van der Waals surface area contributed by atoms with Crippen molar-refractivity contribution in [1.29, 1.82) is 0 Å². The Bertz CT molecular complexity index is 3160. The molecule has 0 saturated carbocycles. The highest BCUT2D eigenvalue weighted by Gasteiger charge is 2.35. The number of benzene rings is 8. The van der Waals surface area contributed by atoms with Gasteiger partial charge in [0.05, 0.1) is 11.0 Å². The lowest BCUT2D eigenvalue weighted by Crippen LogP contribution is -2.16. The van der Waals surface area contributed by atoms with E-state index in [-0.39, 0.29) is 5.41 Å². The van der Waals surface area contributed by atoms with Crippen molar-refractivity contribution in [2.45, 2.75) is 19.3 Å². The maximum absolute atomic E-state index is 4.34. The quantitative estimate of drug-likeness (QED) is 0.162. The maximum atomic E-state index is 4.34. The van der Waals surface area contributed by atoms with Crippen molar-refractivity contribution in [3.63, 3.8) is 0 Å². The Kier molecular flexibility index (Phi) is 8.16. The summed E-state index contributed by atoms with van der Waals surface area (Å²) < 4.78 is 2.37. The van der Waals surface area contributed by atoms with E-state index in [0.717, 1.165) is 28.2 Å². The molecule has 0 aliphatic heterocycles. The lowest BCUT2D eigenvalue weighted by molar-refractivity contribution is 0.660. The highest BCUT2D eigenvalue weighted by atomic mass is 15.1. The highest BCUT2D eigenvalue weighted by Crippen LogP contribution is 2.51. The van der Waals surface area contributed by atoms with Gasteiger partial charge in [-0.1, -0.05) is 135 Å². The number of hydrogen-bond acceptors (Lipinski definition) is 2. The van der Waals surface area contributed by atoms with E-state index in [1.54, 1.807) is 0 Å². The molecule has 8 aromatic carbocycles. The van der Waals surface area contributed by atoms with E-state index in [0.29, 0.717) is 0 Å². The molecule has 280 valence electrons. The minimum absolute atomic E-state index is 0.108. The van der Waals surface area contributed by atoms with Crippen LogP contribution in [0, 0.1) is 0 Å². The minimum atomic E-state index is -0.108. The van der Waals surface area contributed by atoms with E-state index in [1.807, 2.05) is 18.5 Å². The zero-order valence-electron chi connectivity index (χ0n) is 33.0. The molecule has 2 aromatic heterocycles. The Morgan fingerprint density at radius 1 is 0.407 bits per heavy atom. The normalized spacial score (nSPS) is 12.7. The first-order valence-corrected chi connectivity index (χ1v) is 20.4. The molecule has 1 aliphatic rings. The molecule has 1 aliphatic carbocycles. The molecule has 0 radical (unpaired) electrons. The highest BCUT2D eigenvalue weighted by molar-refractivity contribution is 6.10. The maximum Gasteiger partial charge on any atom is 0.0541 e. The summed E-state index contributed by atoms with van der Waals surface area (Å²) in [5, 5.41) is 2.51. The van der Waals surface area contributed by atoms with Crippen molar-refractivity contribution in [2.24, 2.45) is 0 Å². The lowest BCUT2D eigenvalue weighted by atomic mass is 9.82. The Morgan fingerprint density at radius 3 is 1.75 bits per heavy atom. The molecule has 0 saturated heterocycles. The van der Waals surface area contributed by atoms with Crippen LogP contribution in [0.5, 0.6) is 0 Å². The summed E-state index contributed by atoms with van der Waals surface area (Å²) in [5.41, 5.74) is 19.2. The molecule has 0 unspecified atom stereocenters. The van der Waals surface area contributed by atoms with Gasteiger partial charge in [-0.2, -0.15) is 0 Å². The van der Waals surface area contributed by atoms with Gasteiger partial charge in [0.1, 0.15) is 0 Å². The molecule has 0 N–H and O–H groups in total. The van der Waals surface area contributed by atoms with Crippen molar-refractivity contribution in [2.75, 3.05) is 4.90 Å². The predicted octanol–water partition coefficient (Wildman–Crippen LogP) is 15.0. The van der Waals surface area contributed by atoms with Crippen LogP contribution in [-0.2, 0) is 5.41 Å². The first-order valence-electron chi connectivity index (χ1n) is 20.4. The molecular formula is C56H41N3. The van der Waals surface area contributed by atoms with Crippen molar-refractivity contribution in [3.8, 4) is 50.2 Å². The van der Waals surface area contributed by atoms with Crippen LogP contribution in [0.2, 0.25) is 0 Å². The number of rotatable bonds is 7. The van der Waals surface area contributed by atoms with Gasteiger partial charge >= 0.3 is 0 Å². The standard InChI is InChI=1S/C56H41N3/c1-56(2)52-19-8-6-17-48(52)49-31-30-47(36-53(49)56)58(45-26-21-38(22-27-45)40-12-10-13-41(34-40)43-14-11-33-57-37-43)46-28-23-39(24-29-46)42-25-32-55-51(35-42)50-18-7-9-20-54(50)59(55)44-15-4-3-5-16-44/h3-37H,1-2H3. The fourth-order valence-electron chi connectivity index (χ4n) is 9.30. The number of pyridine rings is 1. The summed E-state index contributed by atoms with van der Waals surface area (Å²) in [7, 11) is 0. The van der Waals surface area contributed by atoms with Crippen molar-refractivity contribution in [1.82, 2.24) is 9.55 Å². The number of para-hydroxylation sites is 2. The number of aromatic nitrogens is 2. The van der Waals surface area contributed by atoms with E-state index in [4.69, 9.17) is 0 Å². The summed E-state index contributed by atoms with van der Waals surface area (Å²) in [6, 6.07) is 73.0. The monoisotopic (exact) mass is 755 g/mol. The third-order valence-corrected chi connectivity index (χ3v) is 12.3. The van der Waals surface area contributed by atoms with E-state index in [9.17, 15) is 0 Å². The fraction of sp³-hybridized carbons (Fsp3) is 0.0536. The molecule has 3 nitrogen and oxygen atoms in total. The largest absolute Gasteiger partial charge is 0.310 e. The van der Waals surface area contributed by atoms with E-state index in [1.165, 1.54) is 72.0 Å². The molecule has 0 fully saturated rings. The van der Waals surface area contributed by atoms with Crippen LogP contribution in [0.1, 0.15) is 25.0 Å². The van der Waals surface area contributed by atoms with Crippen LogP contribution < -0.4 is 4.90 Å². The van der Waals surface area contributed by atoms with Gasteiger partial charge in [0.2, 0.25) is 0 Å². The van der Waals surface area contributed by atoms with E-state index >= 15 is 0 Å². The third-order valence-electron chi connectivity index (χ3n) is 12.3. The van der Waals surface area contributed by atoms with Gasteiger partial charge in [-0.15, -0.1) is 0 Å². The predicted molar refractivity (Wildman–Crippen MR) is 247 cm³/mol. The first kappa shape index (κ1) is 34.7.